The molecule has 1 spiro atoms. The van der Waals surface area contributed by atoms with Gasteiger partial charge in [-0.2, -0.15) is 0 Å². The zero-order valence-corrected chi connectivity index (χ0v) is 43.0. The summed E-state index contributed by atoms with van der Waals surface area (Å²) in [5.74, 6) is -1.63. The first-order valence-corrected chi connectivity index (χ1v) is 25.9. The van der Waals surface area contributed by atoms with E-state index in [0.29, 0.717) is 63.5 Å². The minimum atomic E-state index is -1.07. The third-order valence-electron chi connectivity index (χ3n) is 15.2. The number of fused-ring (bicyclic) bond motifs is 6. The summed E-state index contributed by atoms with van der Waals surface area (Å²) in [6.07, 6.45) is 8.02. The average Bonchev–Trinajstić information content (AvgIpc) is 3.96. The van der Waals surface area contributed by atoms with Crippen molar-refractivity contribution in [3.63, 3.8) is 0 Å². The summed E-state index contributed by atoms with van der Waals surface area (Å²) in [7, 11) is 3.35. The van der Waals surface area contributed by atoms with E-state index in [1.807, 2.05) is 42.0 Å². The summed E-state index contributed by atoms with van der Waals surface area (Å²) in [6, 6.07) is 7.49. The Hall–Kier alpha value is -5.65. The van der Waals surface area contributed by atoms with Crippen molar-refractivity contribution in [1.82, 2.24) is 45.0 Å². The summed E-state index contributed by atoms with van der Waals surface area (Å²) in [6.45, 7) is 19.4. The average molecular weight is 978 g/mol. The third kappa shape index (κ3) is 10.4. The monoisotopic (exact) mass is 978 g/mol. The van der Waals surface area contributed by atoms with Gasteiger partial charge in [0.15, 0.2) is 0 Å². The quantitative estimate of drug-likeness (QED) is 0.130. The Balaban J connectivity index is 1.09. The van der Waals surface area contributed by atoms with Gasteiger partial charge >= 0.3 is 12.0 Å². The predicted octanol–water partition coefficient (Wildman–Crippen LogP) is 7.17. The highest BCUT2D eigenvalue weighted by molar-refractivity contribution is 7.10. The second-order valence-corrected chi connectivity index (χ2v) is 21.8. The van der Waals surface area contributed by atoms with Gasteiger partial charge < -0.3 is 34.1 Å². The van der Waals surface area contributed by atoms with E-state index in [4.69, 9.17) is 19.4 Å². The summed E-state index contributed by atoms with van der Waals surface area (Å²) in [5.41, 5.74) is 9.41. The van der Waals surface area contributed by atoms with Gasteiger partial charge in [0.25, 0.3) is 5.91 Å². The Morgan fingerprint density at radius 3 is 2.44 bits per heavy atom. The fraction of sp³-hybridized carbons (Fsp3) is 0.566. The predicted molar refractivity (Wildman–Crippen MR) is 270 cm³/mol. The molecule has 0 radical (unpaired) electrons. The van der Waals surface area contributed by atoms with Crippen LogP contribution in [0.2, 0.25) is 0 Å². The van der Waals surface area contributed by atoms with Crippen molar-refractivity contribution in [3.05, 3.63) is 70.8 Å². The Labute approximate surface area is 416 Å². The summed E-state index contributed by atoms with van der Waals surface area (Å²) in [5, 5.41) is 8.21. The Kier molecular flexibility index (Phi) is 15.2. The molecule has 6 bridgehead atoms. The minimum Gasteiger partial charge on any atom is -0.464 e. The van der Waals surface area contributed by atoms with Crippen LogP contribution in [0, 0.1) is 16.7 Å². The molecule has 1 unspecified atom stereocenters. The normalized spacial score (nSPS) is 21.5. The highest BCUT2D eigenvalue weighted by atomic mass is 32.1. The zero-order valence-electron chi connectivity index (χ0n) is 42.2. The number of carbonyl (C=O) groups is 5. The molecule has 7 heterocycles. The number of aryl methyl sites for hydroxylation is 1. The van der Waals surface area contributed by atoms with Crippen molar-refractivity contribution >= 4 is 52.0 Å². The van der Waals surface area contributed by atoms with Crippen LogP contribution in [0.25, 0.3) is 33.4 Å². The van der Waals surface area contributed by atoms with Crippen molar-refractivity contribution in [1.29, 1.82) is 0 Å². The number of benzene rings is 1. The van der Waals surface area contributed by atoms with Gasteiger partial charge in [-0.1, -0.05) is 40.3 Å². The molecular weight excluding hydrogens is 907 g/mol. The van der Waals surface area contributed by atoms with E-state index in [1.54, 1.807) is 20.4 Å². The number of ether oxygens (including phenoxy) is 2. The lowest BCUT2D eigenvalue weighted by Gasteiger charge is -2.47. The number of amides is 5. The molecule has 70 heavy (non-hydrogen) atoms. The number of cyclic esters (lactones) is 1. The van der Waals surface area contributed by atoms with E-state index in [0.717, 1.165) is 70.4 Å². The SMILES string of the molecule is C=CC(=O)N1CCC2(CC1)CCN(C(=O)N(C)C(C(=O)N[C@H]1Cc3nc(cs3)-c3ccc4c(c3)c(c(-c3cccnc3[C@H](C)OC)n4CC)CC(C)(C)COC(=O)[C@@H]3CCCN(N3)C1=O)C(C)C)CC2. The van der Waals surface area contributed by atoms with E-state index < -0.39 is 41.3 Å². The molecule has 3 fully saturated rings. The van der Waals surface area contributed by atoms with Gasteiger partial charge in [-0.15, -0.1) is 11.3 Å². The van der Waals surface area contributed by atoms with Crippen LogP contribution < -0.4 is 10.7 Å². The second kappa shape index (κ2) is 21.0. The van der Waals surface area contributed by atoms with Crippen molar-refractivity contribution in [2.75, 3.05) is 53.5 Å². The molecule has 4 aliphatic heterocycles. The molecule has 3 saturated heterocycles. The van der Waals surface area contributed by atoms with Gasteiger partial charge in [-0.3, -0.25) is 29.2 Å². The number of hydrogen-bond donors (Lipinski definition) is 2. The van der Waals surface area contributed by atoms with Crippen LogP contribution in [-0.4, -0.2) is 136 Å². The molecule has 2 N–H and O–H groups in total. The van der Waals surface area contributed by atoms with Gasteiger partial charge in [0.2, 0.25) is 11.8 Å². The highest BCUT2D eigenvalue weighted by Gasteiger charge is 2.42. The number of likely N-dealkylation sites (N-methyl/N-ethyl adjacent to an activating group) is 1. The fourth-order valence-corrected chi connectivity index (χ4v) is 11.9. The highest BCUT2D eigenvalue weighted by Crippen LogP contribution is 2.43. The number of piperidine rings is 2. The molecule has 4 atom stereocenters. The number of aromatic nitrogens is 3. The van der Waals surface area contributed by atoms with Crippen LogP contribution in [0.1, 0.15) is 102 Å². The number of methoxy groups -OCH3 is 1. The fourth-order valence-electron chi connectivity index (χ4n) is 11.1. The van der Waals surface area contributed by atoms with Gasteiger partial charge in [-0.25, -0.2) is 15.2 Å². The largest absolute Gasteiger partial charge is 0.464 e. The number of likely N-dealkylation sites (tertiary alicyclic amines) is 2. The number of urea groups is 1. The molecule has 8 rings (SSSR count). The maximum absolute atomic E-state index is 14.7. The number of thiazole rings is 1. The minimum absolute atomic E-state index is 0.0444. The number of pyridine rings is 1. The zero-order chi connectivity index (χ0) is 50.1. The number of esters is 1. The first-order chi connectivity index (χ1) is 33.5. The lowest BCUT2D eigenvalue weighted by molar-refractivity contribution is -0.155. The number of hydrogen-bond acceptors (Lipinski definition) is 11. The van der Waals surface area contributed by atoms with E-state index in [-0.39, 0.29) is 42.4 Å². The van der Waals surface area contributed by atoms with E-state index in [2.05, 4.69) is 66.9 Å². The Morgan fingerprint density at radius 2 is 1.77 bits per heavy atom. The van der Waals surface area contributed by atoms with Crippen LogP contribution in [0.5, 0.6) is 0 Å². The molecular formula is C53H71N9O7S. The molecule has 0 saturated carbocycles. The molecule has 16 nitrogen and oxygen atoms in total. The van der Waals surface area contributed by atoms with Crippen LogP contribution in [0.3, 0.4) is 0 Å². The molecule has 4 aliphatic rings. The maximum atomic E-state index is 14.7. The molecule has 17 heteroatoms. The summed E-state index contributed by atoms with van der Waals surface area (Å²) < 4.78 is 14.3. The molecule has 376 valence electrons. The van der Waals surface area contributed by atoms with Gasteiger partial charge in [0, 0.05) is 98.9 Å². The van der Waals surface area contributed by atoms with Crippen molar-refractivity contribution in [2.45, 2.75) is 124 Å². The van der Waals surface area contributed by atoms with Crippen LogP contribution in [0.4, 0.5) is 4.79 Å². The molecule has 5 amide bonds. The van der Waals surface area contributed by atoms with E-state index in [9.17, 15) is 24.0 Å². The molecule has 3 aromatic heterocycles. The maximum Gasteiger partial charge on any atom is 0.324 e. The smallest absolute Gasteiger partial charge is 0.324 e. The first-order valence-electron chi connectivity index (χ1n) is 25.0. The first kappa shape index (κ1) is 50.7. The number of hydrazine groups is 1. The van der Waals surface area contributed by atoms with Crippen LogP contribution in [0.15, 0.2) is 54.6 Å². The standard InChI is InChI=1S/C53H71N9O7S/c1-10-44(63)59-24-18-53(19-25-59)20-26-60(27-21-53)51(67)58(8)46(33(3)4)48(64)56-40-29-43-55-41(31-70-43)35-16-17-42-37(28-35)38(47(61(42)11-2)36-14-12-22-54-45(36)34(5)68-9)30-52(6,7)32-69-50(66)39-15-13-23-62(57-39)49(40)65/h10,12,14,16-17,22,28,31,33-34,39-40,46,57H,1,11,13,15,18-21,23-27,29-30,32H2,2-9H3,(H,56,64)/t34-,39-,40-,46?/m0/s1. The van der Waals surface area contributed by atoms with E-state index >= 15 is 0 Å². The third-order valence-corrected chi connectivity index (χ3v) is 16.1. The summed E-state index contributed by atoms with van der Waals surface area (Å²) in [4.78, 5) is 84.9. The lowest BCUT2D eigenvalue weighted by atomic mass is 9.71. The Bertz CT molecular complexity index is 2600. The number of nitrogens with zero attached hydrogens (tertiary/aromatic N) is 7. The van der Waals surface area contributed by atoms with Crippen LogP contribution in [-0.2, 0) is 48.0 Å². The lowest BCUT2D eigenvalue weighted by Crippen LogP contribution is -2.62. The number of carbonyl (C=O) groups excluding carboxylic acids is 5. The van der Waals surface area contributed by atoms with Crippen molar-refractivity contribution in [3.8, 4) is 22.5 Å². The van der Waals surface area contributed by atoms with Gasteiger partial charge in [0.1, 0.15) is 18.1 Å². The van der Waals surface area contributed by atoms with Crippen molar-refractivity contribution < 1.29 is 33.4 Å². The molecule has 1 aromatic carbocycles. The van der Waals surface area contributed by atoms with Gasteiger partial charge in [0.05, 0.1) is 34.8 Å². The van der Waals surface area contributed by atoms with Crippen molar-refractivity contribution in [2.24, 2.45) is 16.7 Å². The second-order valence-electron chi connectivity index (χ2n) is 20.9. The number of rotatable bonds is 9. The topological polar surface area (TPSA) is 172 Å². The molecule has 4 aromatic rings. The van der Waals surface area contributed by atoms with Gasteiger partial charge in [-0.05, 0) is 106 Å². The number of nitrogens with one attached hydrogen (secondary N) is 2. The van der Waals surface area contributed by atoms with E-state index in [1.165, 1.54) is 27.3 Å². The van der Waals surface area contributed by atoms with Crippen LogP contribution >= 0.6 is 11.3 Å². The Morgan fingerprint density at radius 1 is 1.06 bits per heavy atom. The summed E-state index contributed by atoms with van der Waals surface area (Å²) >= 11 is 1.42. The molecule has 0 aliphatic carbocycles.